The van der Waals surface area contributed by atoms with Crippen molar-refractivity contribution in [3.63, 3.8) is 0 Å². The van der Waals surface area contributed by atoms with Crippen LogP contribution in [0.5, 0.6) is 5.75 Å². The molecular formula is C46H56N10O7. The summed E-state index contributed by atoms with van der Waals surface area (Å²) in [4.78, 5) is 60.8. The predicted molar refractivity (Wildman–Crippen MR) is 238 cm³/mol. The SMILES string of the molecule is C[C@@H](NC(=O)c1cccc(NCC(=N)N(C)C(=N)c2ccncn2)c1)c1cccc(OCCCCCCOCCOCCNc2ccc3c(c2)CN(C2CCC(=O)NC2=O)C3=O)c1. The summed E-state index contributed by atoms with van der Waals surface area (Å²) in [6.45, 7) is 5.78. The van der Waals surface area contributed by atoms with Gasteiger partial charge in [-0.1, -0.05) is 24.6 Å². The van der Waals surface area contributed by atoms with E-state index < -0.39 is 11.9 Å². The van der Waals surface area contributed by atoms with Gasteiger partial charge in [-0.3, -0.25) is 35.3 Å². The van der Waals surface area contributed by atoms with Crippen LogP contribution in [0.25, 0.3) is 0 Å². The molecule has 2 atom stereocenters. The Hall–Kier alpha value is -6.72. The van der Waals surface area contributed by atoms with Crippen LogP contribution in [0.3, 0.4) is 0 Å². The molecule has 1 fully saturated rings. The van der Waals surface area contributed by atoms with E-state index in [9.17, 15) is 19.2 Å². The molecule has 1 unspecified atom stereocenters. The Morgan fingerprint density at radius 1 is 0.905 bits per heavy atom. The van der Waals surface area contributed by atoms with Crippen LogP contribution in [0.1, 0.15) is 89.0 Å². The number of imide groups is 1. The lowest BCUT2D eigenvalue weighted by Gasteiger charge is -2.29. The predicted octanol–water partition coefficient (Wildman–Crippen LogP) is 5.16. The summed E-state index contributed by atoms with van der Waals surface area (Å²) in [5.41, 5.74) is 4.81. The molecule has 2 aliphatic rings. The third kappa shape index (κ3) is 13.1. The van der Waals surface area contributed by atoms with E-state index in [4.69, 9.17) is 25.0 Å². The second-order valence-corrected chi connectivity index (χ2v) is 15.3. The van der Waals surface area contributed by atoms with Crippen LogP contribution in [0.15, 0.2) is 85.3 Å². The largest absolute Gasteiger partial charge is 0.494 e. The van der Waals surface area contributed by atoms with E-state index in [0.29, 0.717) is 75.1 Å². The lowest BCUT2D eigenvalue weighted by molar-refractivity contribution is -0.136. The highest BCUT2D eigenvalue weighted by Crippen LogP contribution is 2.29. The fourth-order valence-corrected chi connectivity index (χ4v) is 7.17. The van der Waals surface area contributed by atoms with Crippen LogP contribution in [0, 0.1) is 10.8 Å². The van der Waals surface area contributed by atoms with Gasteiger partial charge in [0, 0.05) is 61.9 Å². The summed E-state index contributed by atoms with van der Waals surface area (Å²) in [6, 6.07) is 21.1. The van der Waals surface area contributed by atoms with Gasteiger partial charge in [0.1, 0.15) is 29.6 Å². The highest BCUT2D eigenvalue weighted by Gasteiger charge is 2.39. The number of benzene rings is 3. The number of aromatic nitrogens is 2. The average molecular weight is 861 g/mol. The quantitative estimate of drug-likeness (QED) is 0.0246. The lowest BCUT2D eigenvalue weighted by Crippen LogP contribution is -2.52. The van der Waals surface area contributed by atoms with Crippen molar-refractivity contribution in [2.45, 2.75) is 64.1 Å². The number of amidine groups is 2. The van der Waals surface area contributed by atoms with Crippen molar-refractivity contribution in [3.05, 3.63) is 113 Å². The molecule has 4 aromatic rings. The molecule has 3 heterocycles. The summed E-state index contributed by atoms with van der Waals surface area (Å²) in [7, 11) is 1.64. The highest BCUT2D eigenvalue weighted by molar-refractivity contribution is 6.07. The van der Waals surface area contributed by atoms with E-state index in [1.807, 2.05) is 49.4 Å². The van der Waals surface area contributed by atoms with E-state index in [1.165, 1.54) is 11.2 Å². The molecule has 6 N–H and O–H groups in total. The molecule has 63 heavy (non-hydrogen) atoms. The van der Waals surface area contributed by atoms with Gasteiger partial charge in [-0.05, 0) is 98.3 Å². The smallest absolute Gasteiger partial charge is 0.255 e. The molecule has 1 aromatic heterocycles. The first kappa shape index (κ1) is 45.8. The zero-order chi connectivity index (χ0) is 44.6. The number of unbranched alkanes of at least 4 members (excludes halogenated alkanes) is 3. The average Bonchev–Trinajstić information content (AvgIpc) is 3.62. The van der Waals surface area contributed by atoms with Gasteiger partial charge in [-0.15, -0.1) is 0 Å². The third-order valence-corrected chi connectivity index (χ3v) is 10.8. The molecule has 1 saturated heterocycles. The number of carbonyl (C=O) groups excluding carboxylic acids is 4. The Balaban J connectivity index is 0.783. The van der Waals surface area contributed by atoms with E-state index in [2.05, 4.69) is 31.2 Å². The first-order chi connectivity index (χ1) is 30.6. The standard InChI is InChI=1S/C46H56N10O7/c1-31(53-44(58)33-10-7-11-35(25-33)51-28-41(47)55(2)43(48)39-17-18-49-30-52-39)32-9-8-12-37(27-32)63-21-6-4-3-5-20-61-23-24-62-22-19-50-36-13-14-38-34(26-36)29-56(46(38)60)40-15-16-42(57)54-45(40)59/h7-14,17-18,25-27,30-31,40,47-48,50-51H,3-6,15-16,19-24,28-29H2,1-2H3,(H,53,58)(H,54,57,59)/t31-,40?/m1/s1. The Morgan fingerprint density at radius 3 is 2.48 bits per heavy atom. The topological polar surface area (TPSA) is 224 Å². The van der Waals surface area contributed by atoms with Gasteiger partial charge >= 0.3 is 0 Å². The van der Waals surface area contributed by atoms with Crippen molar-refractivity contribution in [1.29, 1.82) is 10.8 Å². The minimum absolute atomic E-state index is 0.0846. The molecule has 0 bridgehead atoms. The normalized spacial score (nSPS) is 15.0. The van der Waals surface area contributed by atoms with Crippen molar-refractivity contribution in [3.8, 4) is 5.75 Å². The minimum atomic E-state index is -0.626. The van der Waals surface area contributed by atoms with E-state index in [0.717, 1.165) is 48.2 Å². The summed E-state index contributed by atoms with van der Waals surface area (Å²) in [5.74, 6) is -0.130. The molecule has 0 radical (unpaired) electrons. The van der Waals surface area contributed by atoms with Gasteiger partial charge in [0.2, 0.25) is 11.8 Å². The maximum atomic E-state index is 13.2. The number of rotatable bonds is 23. The maximum Gasteiger partial charge on any atom is 0.255 e. The second kappa shape index (κ2) is 22.9. The molecule has 0 aliphatic carbocycles. The number of hydrogen-bond acceptors (Lipinski definition) is 13. The van der Waals surface area contributed by atoms with Gasteiger partial charge in [-0.25, -0.2) is 9.97 Å². The number of anilines is 2. The first-order valence-corrected chi connectivity index (χ1v) is 21.3. The fraction of sp³-hybridized carbons (Fsp3) is 0.391. The third-order valence-electron chi connectivity index (χ3n) is 10.8. The van der Waals surface area contributed by atoms with Crippen molar-refractivity contribution >= 4 is 46.7 Å². The first-order valence-electron chi connectivity index (χ1n) is 21.3. The number of hydrogen-bond donors (Lipinski definition) is 6. The zero-order valence-electron chi connectivity index (χ0n) is 35.8. The monoisotopic (exact) mass is 860 g/mol. The van der Waals surface area contributed by atoms with Crippen molar-refractivity contribution in [2.75, 3.05) is 63.8 Å². The Labute approximate surface area is 367 Å². The molecule has 4 amide bonds. The number of likely N-dealkylation sites (N-methyl/N-ethyl adjacent to an activating group) is 1. The van der Waals surface area contributed by atoms with Gasteiger partial charge in [0.25, 0.3) is 11.8 Å². The van der Waals surface area contributed by atoms with Crippen LogP contribution in [0.4, 0.5) is 11.4 Å². The van der Waals surface area contributed by atoms with Gasteiger partial charge in [0.05, 0.1) is 39.0 Å². The van der Waals surface area contributed by atoms with E-state index in [-0.39, 0.29) is 48.4 Å². The maximum absolute atomic E-state index is 13.2. The van der Waals surface area contributed by atoms with Gasteiger partial charge in [0.15, 0.2) is 5.84 Å². The van der Waals surface area contributed by atoms with E-state index in [1.54, 1.807) is 48.5 Å². The van der Waals surface area contributed by atoms with Crippen LogP contribution >= 0.6 is 0 Å². The number of fused-ring (bicyclic) bond motifs is 1. The zero-order valence-corrected chi connectivity index (χ0v) is 35.8. The summed E-state index contributed by atoms with van der Waals surface area (Å²) >= 11 is 0. The lowest BCUT2D eigenvalue weighted by atomic mass is 10.0. The number of carbonyl (C=O) groups is 4. The number of nitrogens with zero attached hydrogens (tertiary/aromatic N) is 4. The number of piperidine rings is 1. The molecule has 6 rings (SSSR count). The Kier molecular flexibility index (Phi) is 16.7. The van der Waals surface area contributed by atoms with Crippen LogP contribution in [-0.2, 0) is 25.6 Å². The molecule has 0 saturated carbocycles. The molecule has 17 nitrogen and oxygen atoms in total. The van der Waals surface area contributed by atoms with Crippen molar-refractivity contribution < 1.29 is 33.4 Å². The molecule has 17 heteroatoms. The summed E-state index contributed by atoms with van der Waals surface area (Å²) in [5, 5.41) is 28.6. The Morgan fingerprint density at radius 2 is 1.68 bits per heavy atom. The number of amides is 4. The van der Waals surface area contributed by atoms with Crippen molar-refractivity contribution in [2.24, 2.45) is 0 Å². The van der Waals surface area contributed by atoms with Gasteiger partial charge in [-0.2, -0.15) is 0 Å². The Bertz CT molecular complexity index is 2240. The number of ether oxygens (including phenoxy) is 3. The summed E-state index contributed by atoms with van der Waals surface area (Å²) < 4.78 is 17.5. The molecule has 0 spiro atoms. The molecule has 332 valence electrons. The number of nitrogens with one attached hydrogen (secondary N) is 6. The van der Waals surface area contributed by atoms with Crippen LogP contribution < -0.4 is 26.0 Å². The second-order valence-electron chi connectivity index (χ2n) is 15.3. The summed E-state index contributed by atoms with van der Waals surface area (Å²) in [6.07, 6.45) is 7.39. The van der Waals surface area contributed by atoms with Crippen LogP contribution in [-0.4, -0.2) is 114 Å². The highest BCUT2D eigenvalue weighted by atomic mass is 16.5. The molecule has 2 aliphatic heterocycles. The van der Waals surface area contributed by atoms with Gasteiger partial charge < -0.3 is 40.0 Å². The van der Waals surface area contributed by atoms with Crippen molar-refractivity contribution in [1.82, 2.24) is 30.4 Å². The minimum Gasteiger partial charge on any atom is -0.494 e. The molecule has 3 aromatic carbocycles. The van der Waals surface area contributed by atoms with E-state index >= 15 is 0 Å². The fourth-order valence-electron chi connectivity index (χ4n) is 7.17. The van der Waals surface area contributed by atoms with Crippen LogP contribution in [0.2, 0.25) is 0 Å². The molecular weight excluding hydrogens is 805 g/mol.